The first-order chi connectivity index (χ1) is 36.8. The Hall–Kier alpha value is -6.48. The van der Waals surface area contributed by atoms with Gasteiger partial charge in [0.1, 0.15) is 17.4 Å². The molecule has 6 aliphatic heterocycles. The van der Waals surface area contributed by atoms with Crippen LogP contribution in [0.5, 0.6) is 0 Å². The maximum Gasteiger partial charge on any atom is 0.343 e. The van der Waals surface area contributed by atoms with Crippen LogP contribution in [-0.4, -0.2) is 182 Å². The number of piperazine rings is 1. The molecule has 21 nitrogen and oxygen atoms in total. The molecule has 5 saturated heterocycles. The lowest BCUT2D eigenvalue weighted by molar-refractivity contribution is -0.143. The van der Waals surface area contributed by atoms with Crippen LogP contribution < -0.4 is 20.9 Å². The second kappa shape index (κ2) is 21.9. The Bertz CT molecular complexity index is 2720. The number of rotatable bonds is 13. The van der Waals surface area contributed by atoms with Gasteiger partial charge < -0.3 is 35.0 Å². The van der Waals surface area contributed by atoms with E-state index in [4.69, 9.17) is 4.74 Å². The van der Waals surface area contributed by atoms with E-state index in [0.717, 1.165) is 165 Å². The first-order valence-electron chi connectivity index (χ1n) is 28.0. The van der Waals surface area contributed by atoms with Crippen molar-refractivity contribution in [1.82, 2.24) is 49.6 Å². The number of hydrogen-bond donors (Lipinski definition) is 3. The Morgan fingerprint density at radius 1 is 0.776 bits per heavy atom. The number of aryl methyl sites for hydroxylation is 1. The molecule has 406 valence electrons. The average Bonchev–Trinajstić information content (AvgIpc) is 4.22. The standard InChI is InChI=1S/C55H73N13O8/c1-3-76-53(75)44-30-56-54(59-39-29-57-62(2)32-39)61-47(44)58-38-8-10-40(11-9-38)64-24-26-66(27-25-64)50(72)37-6-4-36(5-7-37)49(71)65-20-16-35(17-21-65)31-63-22-18-55(33-63)19-23-67(34-55)41-12-13-42-43(28-41)52(74)68(51(42)73)45-14-15-46(69)60-48(45)70/h12-13,28-30,32,35-38,40,45H,3-11,14-27,31,33-34H2,1-2H3,(H,60,69,70)(H2,56,58,59,61). The summed E-state index contributed by atoms with van der Waals surface area (Å²) in [6.07, 6.45) is 16.4. The van der Waals surface area contributed by atoms with Gasteiger partial charge in [0.25, 0.3) is 11.8 Å². The molecule has 0 bridgehead atoms. The molecule has 8 aliphatic rings. The number of benzene rings is 1. The molecule has 1 aromatic carbocycles. The quantitative estimate of drug-likeness (QED) is 0.162. The van der Waals surface area contributed by atoms with Gasteiger partial charge in [0, 0.05) is 126 Å². The minimum Gasteiger partial charge on any atom is -0.462 e. The number of hydrogen-bond acceptors (Lipinski definition) is 16. The molecule has 21 heteroatoms. The number of fused-ring (bicyclic) bond motifs is 1. The Labute approximate surface area is 443 Å². The molecular weight excluding hydrogens is 971 g/mol. The minimum absolute atomic E-state index is 0.00369. The zero-order valence-electron chi connectivity index (χ0n) is 44.1. The molecular formula is C55H73N13O8. The van der Waals surface area contributed by atoms with Crippen LogP contribution >= 0.6 is 0 Å². The molecule has 76 heavy (non-hydrogen) atoms. The largest absolute Gasteiger partial charge is 0.462 e. The Kier molecular flexibility index (Phi) is 14.9. The molecule has 2 aliphatic carbocycles. The molecule has 2 aromatic heterocycles. The molecule has 11 rings (SSSR count). The van der Waals surface area contributed by atoms with E-state index in [2.05, 4.69) is 55.5 Å². The van der Waals surface area contributed by atoms with Crippen molar-refractivity contribution >= 4 is 64.6 Å². The number of amides is 6. The maximum atomic E-state index is 13.9. The topological polar surface area (TPSA) is 228 Å². The lowest BCUT2D eigenvalue weighted by Gasteiger charge is -2.43. The van der Waals surface area contributed by atoms with Crippen LogP contribution in [0.4, 0.5) is 23.1 Å². The summed E-state index contributed by atoms with van der Waals surface area (Å²) in [4.78, 5) is 113. The second-order valence-corrected chi connectivity index (χ2v) is 22.9. The van der Waals surface area contributed by atoms with Crippen LogP contribution in [0, 0.1) is 23.2 Å². The minimum atomic E-state index is -0.979. The van der Waals surface area contributed by atoms with E-state index >= 15 is 0 Å². The van der Waals surface area contributed by atoms with Crippen LogP contribution in [0.2, 0.25) is 0 Å². The predicted molar refractivity (Wildman–Crippen MR) is 280 cm³/mol. The summed E-state index contributed by atoms with van der Waals surface area (Å²) < 4.78 is 7.00. The summed E-state index contributed by atoms with van der Waals surface area (Å²) in [6, 6.07) is 5.03. The van der Waals surface area contributed by atoms with E-state index in [9.17, 15) is 33.6 Å². The van der Waals surface area contributed by atoms with Gasteiger partial charge in [-0.3, -0.25) is 48.6 Å². The van der Waals surface area contributed by atoms with E-state index in [-0.39, 0.29) is 54.6 Å². The summed E-state index contributed by atoms with van der Waals surface area (Å²) in [5, 5.41) is 13.2. The number of ether oxygens (including phenoxy) is 1. The Morgan fingerprint density at radius 3 is 2.16 bits per heavy atom. The van der Waals surface area contributed by atoms with Gasteiger partial charge in [0.05, 0.1) is 29.6 Å². The fourth-order valence-electron chi connectivity index (χ4n) is 13.7. The van der Waals surface area contributed by atoms with E-state index in [1.807, 2.05) is 19.3 Å². The van der Waals surface area contributed by atoms with Gasteiger partial charge in [-0.25, -0.2) is 9.78 Å². The number of nitrogens with one attached hydrogen (secondary N) is 3. The lowest BCUT2D eigenvalue weighted by Crippen LogP contribution is -2.54. The summed E-state index contributed by atoms with van der Waals surface area (Å²) >= 11 is 0. The van der Waals surface area contributed by atoms with Gasteiger partial charge in [0.15, 0.2) is 0 Å². The third kappa shape index (κ3) is 10.8. The third-order valence-electron chi connectivity index (χ3n) is 18.0. The highest BCUT2D eigenvalue weighted by Gasteiger charge is 2.47. The molecule has 3 N–H and O–H groups in total. The number of imide groups is 2. The molecule has 3 aromatic rings. The molecule has 2 atom stereocenters. The lowest BCUT2D eigenvalue weighted by atomic mass is 9.80. The van der Waals surface area contributed by atoms with Crippen molar-refractivity contribution in [2.75, 3.05) is 94.1 Å². The Balaban J connectivity index is 0.580. The first kappa shape index (κ1) is 51.6. The van der Waals surface area contributed by atoms with Crippen molar-refractivity contribution in [2.45, 2.75) is 115 Å². The second-order valence-electron chi connectivity index (χ2n) is 22.9. The highest BCUT2D eigenvalue weighted by molar-refractivity contribution is 6.23. The van der Waals surface area contributed by atoms with Gasteiger partial charge in [-0.05, 0) is 121 Å². The van der Waals surface area contributed by atoms with Crippen molar-refractivity contribution < 1.29 is 38.3 Å². The van der Waals surface area contributed by atoms with Gasteiger partial charge in [-0.15, -0.1) is 0 Å². The van der Waals surface area contributed by atoms with E-state index < -0.39 is 35.6 Å². The van der Waals surface area contributed by atoms with Crippen molar-refractivity contribution in [3.8, 4) is 0 Å². The van der Waals surface area contributed by atoms with E-state index in [0.29, 0.717) is 40.4 Å². The SMILES string of the molecule is CCOC(=O)c1cnc(Nc2cnn(C)c2)nc1NC1CCC(N2CCN(C(=O)C3CCC(C(=O)N4CCC(CN5CCC6(CCN(c7ccc8c(c7)C(=O)N(C7CCC(=O)NC7=O)C8=O)C6)C5)CC4)CC3)CC2)CC1. The number of aromatic nitrogens is 4. The molecule has 7 fully saturated rings. The third-order valence-corrected chi connectivity index (χ3v) is 18.0. The number of likely N-dealkylation sites (tertiary alicyclic amines) is 2. The van der Waals surface area contributed by atoms with Crippen LogP contribution in [0.1, 0.15) is 128 Å². The number of nitrogens with zero attached hydrogens (tertiary/aromatic N) is 10. The van der Waals surface area contributed by atoms with Crippen molar-refractivity contribution in [2.24, 2.45) is 30.2 Å². The molecule has 2 saturated carbocycles. The molecule has 0 radical (unpaired) electrons. The molecule has 6 amide bonds. The summed E-state index contributed by atoms with van der Waals surface area (Å²) in [5.41, 5.74) is 2.75. The van der Waals surface area contributed by atoms with Crippen molar-refractivity contribution in [3.05, 3.63) is 53.5 Å². The van der Waals surface area contributed by atoms with Gasteiger partial charge in [-0.2, -0.15) is 10.1 Å². The number of esters is 1. The molecule has 1 spiro atoms. The summed E-state index contributed by atoms with van der Waals surface area (Å²) in [6.45, 7) is 11.7. The normalized spacial score (nSPS) is 27.8. The molecule has 8 heterocycles. The van der Waals surface area contributed by atoms with Crippen LogP contribution in [-0.2, 0) is 31.0 Å². The van der Waals surface area contributed by atoms with E-state index in [1.165, 1.54) is 6.20 Å². The van der Waals surface area contributed by atoms with Crippen LogP contribution in [0.25, 0.3) is 0 Å². The maximum absolute atomic E-state index is 13.9. The van der Waals surface area contributed by atoms with Gasteiger partial charge in [-0.1, -0.05) is 0 Å². The zero-order chi connectivity index (χ0) is 52.7. The summed E-state index contributed by atoms with van der Waals surface area (Å²) in [7, 11) is 1.83. The van der Waals surface area contributed by atoms with Crippen LogP contribution in [0.3, 0.4) is 0 Å². The van der Waals surface area contributed by atoms with Crippen molar-refractivity contribution in [3.63, 3.8) is 0 Å². The smallest absolute Gasteiger partial charge is 0.343 e. The number of piperidine rings is 2. The zero-order valence-corrected chi connectivity index (χ0v) is 44.1. The van der Waals surface area contributed by atoms with Gasteiger partial charge in [0.2, 0.25) is 29.6 Å². The van der Waals surface area contributed by atoms with Crippen LogP contribution in [0.15, 0.2) is 36.8 Å². The fourth-order valence-corrected chi connectivity index (χ4v) is 13.7. The Morgan fingerprint density at radius 2 is 1.47 bits per heavy atom. The number of anilines is 4. The van der Waals surface area contributed by atoms with E-state index in [1.54, 1.807) is 29.9 Å². The highest BCUT2D eigenvalue weighted by Crippen LogP contribution is 2.43. The highest BCUT2D eigenvalue weighted by atomic mass is 16.5. The first-order valence-corrected chi connectivity index (χ1v) is 28.0. The van der Waals surface area contributed by atoms with Crippen molar-refractivity contribution in [1.29, 1.82) is 0 Å². The number of carbonyl (C=O) groups excluding carboxylic acids is 7. The average molecular weight is 1040 g/mol. The predicted octanol–water partition coefficient (Wildman–Crippen LogP) is 4.05. The monoisotopic (exact) mass is 1040 g/mol. The van der Waals surface area contributed by atoms with Gasteiger partial charge >= 0.3 is 5.97 Å². The fraction of sp³-hybridized carbons (Fsp3) is 0.636. The summed E-state index contributed by atoms with van der Waals surface area (Å²) in [5.74, 6) is -0.538. The number of carbonyl (C=O) groups is 7. The molecule has 2 unspecified atom stereocenters.